The average molecular weight is 256 g/mol. The second-order valence-corrected chi connectivity index (χ2v) is 4.11. The zero-order valence-corrected chi connectivity index (χ0v) is 9.83. The lowest BCUT2D eigenvalue weighted by atomic mass is 10.2. The Morgan fingerprint density at radius 2 is 2.00 bits per heavy atom. The van der Waals surface area contributed by atoms with Crippen molar-refractivity contribution in [2.24, 2.45) is 0 Å². The van der Waals surface area contributed by atoms with Gasteiger partial charge in [-0.05, 0) is 12.8 Å². The summed E-state index contributed by atoms with van der Waals surface area (Å²) in [5.41, 5.74) is 0. The van der Waals surface area contributed by atoms with Gasteiger partial charge < -0.3 is 20.4 Å². The summed E-state index contributed by atoms with van der Waals surface area (Å²) in [6.45, 7) is 3.84. The molecular formula is C11H16N2O5. The highest BCUT2D eigenvalue weighted by atomic mass is 16.4. The first-order valence-electron chi connectivity index (χ1n) is 5.58. The summed E-state index contributed by atoms with van der Waals surface area (Å²) in [5.74, 6) is -2.63. The molecule has 100 valence electrons. The Hall–Kier alpha value is -2.05. The number of carboxylic acid groups (broad SMARTS) is 2. The maximum absolute atomic E-state index is 11.8. The van der Waals surface area contributed by atoms with Crippen LogP contribution < -0.4 is 5.32 Å². The highest BCUT2D eigenvalue weighted by Gasteiger charge is 2.34. The molecule has 1 fully saturated rings. The number of carbonyl (C=O) groups is 3. The second kappa shape index (κ2) is 6.04. The third kappa shape index (κ3) is 4.08. The molecule has 0 radical (unpaired) electrons. The maximum Gasteiger partial charge on any atom is 0.326 e. The van der Waals surface area contributed by atoms with Crippen LogP contribution in [0.4, 0.5) is 4.79 Å². The monoisotopic (exact) mass is 256 g/mol. The van der Waals surface area contributed by atoms with Crippen LogP contribution in [0.1, 0.15) is 19.3 Å². The maximum atomic E-state index is 11.8. The molecule has 1 atom stereocenters. The molecule has 0 unspecified atom stereocenters. The lowest BCUT2D eigenvalue weighted by Gasteiger charge is -2.23. The summed E-state index contributed by atoms with van der Waals surface area (Å²) >= 11 is 0. The van der Waals surface area contributed by atoms with Crippen molar-refractivity contribution >= 4 is 18.0 Å². The molecule has 0 aromatic rings. The second-order valence-electron chi connectivity index (χ2n) is 4.11. The van der Waals surface area contributed by atoms with Gasteiger partial charge in [-0.1, -0.05) is 6.08 Å². The Morgan fingerprint density at radius 3 is 2.39 bits per heavy atom. The first-order chi connectivity index (χ1) is 8.45. The number of carboxylic acids is 2. The minimum Gasteiger partial charge on any atom is -0.481 e. The van der Waals surface area contributed by atoms with Crippen LogP contribution in [0.2, 0.25) is 0 Å². The van der Waals surface area contributed by atoms with Gasteiger partial charge in [0.2, 0.25) is 0 Å². The lowest BCUT2D eigenvalue weighted by Crippen LogP contribution is -2.49. The van der Waals surface area contributed by atoms with Crippen molar-refractivity contribution < 1.29 is 24.6 Å². The highest BCUT2D eigenvalue weighted by molar-refractivity contribution is 5.86. The fraction of sp³-hybridized carbons (Fsp3) is 0.545. The van der Waals surface area contributed by atoms with Gasteiger partial charge in [0.15, 0.2) is 0 Å². The Kier molecular flexibility index (Phi) is 4.70. The highest BCUT2D eigenvalue weighted by Crippen LogP contribution is 2.26. The van der Waals surface area contributed by atoms with E-state index in [-0.39, 0.29) is 6.04 Å². The number of amides is 2. The Morgan fingerprint density at radius 1 is 1.39 bits per heavy atom. The summed E-state index contributed by atoms with van der Waals surface area (Å²) in [6.07, 6.45) is 2.65. The number of nitrogens with zero attached hydrogens (tertiary/aromatic N) is 1. The van der Waals surface area contributed by atoms with Gasteiger partial charge in [0, 0.05) is 12.6 Å². The lowest BCUT2D eigenvalue weighted by molar-refractivity contribution is -0.145. The Balaban J connectivity index is 2.60. The van der Waals surface area contributed by atoms with Crippen molar-refractivity contribution in [2.45, 2.75) is 31.3 Å². The minimum atomic E-state index is -1.42. The molecule has 0 spiro atoms. The normalized spacial score (nSPS) is 15.6. The van der Waals surface area contributed by atoms with Crippen molar-refractivity contribution in [1.29, 1.82) is 0 Å². The van der Waals surface area contributed by atoms with Crippen LogP contribution in [0.3, 0.4) is 0 Å². The van der Waals surface area contributed by atoms with Gasteiger partial charge in [0.1, 0.15) is 6.04 Å². The van der Waals surface area contributed by atoms with Crippen LogP contribution in [0, 0.1) is 0 Å². The van der Waals surface area contributed by atoms with Gasteiger partial charge in [-0.3, -0.25) is 4.79 Å². The summed E-state index contributed by atoms with van der Waals surface area (Å²) in [5, 5.41) is 19.6. The average Bonchev–Trinajstić information content (AvgIpc) is 3.07. The van der Waals surface area contributed by atoms with Gasteiger partial charge in [0.25, 0.3) is 0 Å². The zero-order valence-electron chi connectivity index (χ0n) is 9.83. The van der Waals surface area contributed by atoms with Gasteiger partial charge in [0.05, 0.1) is 6.42 Å². The van der Waals surface area contributed by atoms with Crippen molar-refractivity contribution in [3.63, 3.8) is 0 Å². The van der Waals surface area contributed by atoms with Crippen LogP contribution in [0.15, 0.2) is 12.7 Å². The first-order valence-corrected chi connectivity index (χ1v) is 5.58. The van der Waals surface area contributed by atoms with E-state index in [0.717, 1.165) is 12.8 Å². The Bertz CT molecular complexity index is 364. The molecular weight excluding hydrogens is 240 g/mol. The predicted octanol–water partition coefficient (Wildman–Crippen LogP) is 0.274. The number of rotatable bonds is 7. The number of aliphatic carboxylic acids is 2. The van der Waals surface area contributed by atoms with E-state index in [2.05, 4.69) is 11.9 Å². The van der Waals surface area contributed by atoms with Gasteiger partial charge in [-0.15, -0.1) is 6.58 Å². The molecule has 7 nitrogen and oxygen atoms in total. The molecule has 0 bridgehead atoms. The van der Waals surface area contributed by atoms with E-state index < -0.39 is 30.4 Å². The Labute approximate surface area is 104 Å². The van der Waals surface area contributed by atoms with E-state index in [1.54, 1.807) is 6.08 Å². The number of urea groups is 1. The quantitative estimate of drug-likeness (QED) is 0.567. The molecule has 3 N–H and O–H groups in total. The van der Waals surface area contributed by atoms with Crippen molar-refractivity contribution in [3.05, 3.63) is 12.7 Å². The summed E-state index contributed by atoms with van der Waals surface area (Å²) in [4.78, 5) is 34.6. The summed E-state index contributed by atoms with van der Waals surface area (Å²) in [7, 11) is 0. The topological polar surface area (TPSA) is 107 Å². The summed E-state index contributed by atoms with van der Waals surface area (Å²) < 4.78 is 0. The first kappa shape index (κ1) is 14.0. The number of nitrogens with one attached hydrogen (secondary N) is 1. The largest absolute Gasteiger partial charge is 0.481 e. The fourth-order valence-electron chi connectivity index (χ4n) is 1.53. The third-order valence-corrected chi connectivity index (χ3v) is 2.55. The van der Waals surface area contributed by atoms with Crippen LogP contribution >= 0.6 is 0 Å². The molecule has 1 aliphatic carbocycles. The van der Waals surface area contributed by atoms with E-state index in [1.165, 1.54) is 4.90 Å². The SMILES string of the molecule is C=CCN(C(=O)N[C@@H](CC(=O)O)C(=O)O)C1CC1. The predicted molar refractivity (Wildman–Crippen MR) is 62.1 cm³/mol. The van der Waals surface area contributed by atoms with Crippen molar-refractivity contribution in [3.8, 4) is 0 Å². The van der Waals surface area contributed by atoms with E-state index in [4.69, 9.17) is 10.2 Å². The minimum absolute atomic E-state index is 0.0993. The molecule has 7 heteroatoms. The molecule has 1 aliphatic rings. The summed E-state index contributed by atoms with van der Waals surface area (Å²) in [6, 6.07) is -1.88. The van der Waals surface area contributed by atoms with Gasteiger partial charge >= 0.3 is 18.0 Å². The van der Waals surface area contributed by atoms with Crippen LogP contribution in [0.25, 0.3) is 0 Å². The van der Waals surface area contributed by atoms with Gasteiger partial charge in [-0.25, -0.2) is 9.59 Å². The molecule has 0 aliphatic heterocycles. The zero-order chi connectivity index (χ0) is 13.7. The molecule has 2 amide bonds. The van der Waals surface area contributed by atoms with E-state index in [1.807, 2.05) is 0 Å². The standard InChI is InChI=1S/C11H16N2O5/c1-2-5-13(7-3-4-7)11(18)12-8(10(16)17)6-9(14)15/h2,7-8H,1,3-6H2,(H,12,18)(H,14,15)(H,16,17)/t8-/m0/s1. The number of carbonyl (C=O) groups excluding carboxylic acids is 1. The van der Waals surface area contributed by atoms with Crippen LogP contribution in [-0.2, 0) is 9.59 Å². The van der Waals surface area contributed by atoms with E-state index >= 15 is 0 Å². The van der Waals surface area contributed by atoms with Crippen molar-refractivity contribution in [1.82, 2.24) is 10.2 Å². The van der Waals surface area contributed by atoms with Crippen LogP contribution in [-0.4, -0.2) is 51.7 Å². The number of hydrogen-bond donors (Lipinski definition) is 3. The van der Waals surface area contributed by atoms with E-state index in [9.17, 15) is 14.4 Å². The molecule has 0 saturated heterocycles. The van der Waals surface area contributed by atoms with Crippen LogP contribution in [0.5, 0.6) is 0 Å². The molecule has 1 rings (SSSR count). The number of hydrogen-bond acceptors (Lipinski definition) is 3. The molecule has 0 heterocycles. The third-order valence-electron chi connectivity index (χ3n) is 2.55. The molecule has 0 aromatic heterocycles. The molecule has 18 heavy (non-hydrogen) atoms. The molecule has 1 saturated carbocycles. The fourth-order valence-corrected chi connectivity index (χ4v) is 1.53. The van der Waals surface area contributed by atoms with Gasteiger partial charge in [-0.2, -0.15) is 0 Å². The molecule has 0 aromatic carbocycles. The van der Waals surface area contributed by atoms with Crippen molar-refractivity contribution in [2.75, 3.05) is 6.54 Å². The van der Waals surface area contributed by atoms with E-state index in [0.29, 0.717) is 6.54 Å². The smallest absolute Gasteiger partial charge is 0.326 e.